The first-order valence-electron chi connectivity index (χ1n) is 10.1. The quantitative estimate of drug-likeness (QED) is 0.534. The van der Waals surface area contributed by atoms with Crippen molar-refractivity contribution in [1.82, 2.24) is 14.9 Å². The second-order valence-electron chi connectivity index (χ2n) is 7.59. The second kappa shape index (κ2) is 8.70. The van der Waals surface area contributed by atoms with Gasteiger partial charge in [-0.1, -0.05) is 0 Å². The molecule has 0 spiro atoms. The van der Waals surface area contributed by atoms with E-state index in [1.807, 2.05) is 34.1 Å². The third-order valence-electron chi connectivity index (χ3n) is 5.79. The molecule has 2 saturated heterocycles. The van der Waals surface area contributed by atoms with Crippen LogP contribution in [0.1, 0.15) is 0 Å². The van der Waals surface area contributed by atoms with Crippen molar-refractivity contribution < 1.29 is 9.66 Å². The highest BCUT2D eigenvalue weighted by Gasteiger charge is 2.32. The molecule has 3 heterocycles. The fourth-order valence-corrected chi connectivity index (χ4v) is 3.97. The predicted octanol–water partition coefficient (Wildman–Crippen LogP) is 1.47. The summed E-state index contributed by atoms with van der Waals surface area (Å²) in [4.78, 5) is 28.7. The summed E-state index contributed by atoms with van der Waals surface area (Å²) in [5, 5.41) is 12.0. The lowest BCUT2D eigenvalue weighted by atomic mass is 10.2. The fraction of sp³-hybridized carbons (Fsp3) is 0.500. The second-order valence-corrected chi connectivity index (χ2v) is 7.59. The number of nitro groups is 1. The van der Waals surface area contributed by atoms with Gasteiger partial charge in [-0.15, -0.1) is 0 Å². The summed E-state index contributed by atoms with van der Waals surface area (Å²) in [7, 11) is 3.71. The number of benzene rings is 1. The minimum Gasteiger partial charge on any atom is -0.497 e. The van der Waals surface area contributed by atoms with Crippen molar-refractivity contribution >= 4 is 23.0 Å². The van der Waals surface area contributed by atoms with E-state index in [9.17, 15) is 10.1 Å². The lowest BCUT2D eigenvalue weighted by Gasteiger charge is -2.37. The molecule has 2 aliphatic rings. The van der Waals surface area contributed by atoms with Gasteiger partial charge in [0.1, 0.15) is 12.1 Å². The third-order valence-corrected chi connectivity index (χ3v) is 5.79. The van der Waals surface area contributed by atoms with Crippen LogP contribution >= 0.6 is 0 Å². The zero-order chi connectivity index (χ0) is 21.1. The highest BCUT2D eigenvalue weighted by atomic mass is 16.6. The Bertz CT molecular complexity index is 876. The molecule has 0 amide bonds. The van der Waals surface area contributed by atoms with Gasteiger partial charge < -0.3 is 24.3 Å². The first-order chi connectivity index (χ1) is 14.6. The smallest absolute Gasteiger partial charge is 0.353 e. The number of anilines is 3. The van der Waals surface area contributed by atoms with Gasteiger partial charge in [-0.2, -0.15) is 0 Å². The summed E-state index contributed by atoms with van der Waals surface area (Å²) in [6.07, 6.45) is 1.45. The van der Waals surface area contributed by atoms with Gasteiger partial charge in [0, 0.05) is 58.0 Å². The zero-order valence-electron chi connectivity index (χ0n) is 17.4. The van der Waals surface area contributed by atoms with E-state index in [1.54, 1.807) is 7.11 Å². The molecule has 0 atom stereocenters. The lowest BCUT2D eigenvalue weighted by molar-refractivity contribution is -0.383. The van der Waals surface area contributed by atoms with Crippen molar-refractivity contribution in [2.24, 2.45) is 0 Å². The van der Waals surface area contributed by atoms with Gasteiger partial charge in [-0.05, 0) is 31.3 Å². The summed E-state index contributed by atoms with van der Waals surface area (Å²) >= 11 is 0. The number of hydrogen-bond acceptors (Lipinski definition) is 9. The van der Waals surface area contributed by atoms with Crippen LogP contribution in [0.25, 0.3) is 0 Å². The SMILES string of the molecule is COc1ccc(N2CCN(c3ncnc(N4CCN(C)CC4)c3[N+](=O)[O-])CC2)cc1. The number of methoxy groups -OCH3 is 1. The molecule has 10 heteroatoms. The summed E-state index contributed by atoms with van der Waals surface area (Å²) in [6.45, 7) is 6.00. The van der Waals surface area contributed by atoms with Crippen molar-refractivity contribution in [3.05, 3.63) is 40.7 Å². The molecule has 160 valence electrons. The van der Waals surface area contributed by atoms with Crippen LogP contribution in [0.2, 0.25) is 0 Å². The number of hydrogen-bond donors (Lipinski definition) is 0. The molecule has 1 aromatic carbocycles. The minimum absolute atomic E-state index is 0.0138. The first kappa shape index (κ1) is 20.1. The summed E-state index contributed by atoms with van der Waals surface area (Å²) in [6, 6.07) is 7.96. The molecule has 2 aliphatic heterocycles. The Morgan fingerprint density at radius 1 is 0.867 bits per heavy atom. The summed E-state index contributed by atoms with van der Waals surface area (Å²) in [5.41, 5.74) is 1.13. The van der Waals surface area contributed by atoms with Crippen molar-refractivity contribution in [1.29, 1.82) is 0 Å². The van der Waals surface area contributed by atoms with Crippen LogP contribution in [-0.4, -0.2) is 86.3 Å². The van der Waals surface area contributed by atoms with E-state index in [-0.39, 0.29) is 10.6 Å². The minimum atomic E-state index is -0.334. The molecular formula is C20H27N7O3. The van der Waals surface area contributed by atoms with Crippen molar-refractivity contribution in [3.8, 4) is 5.75 Å². The van der Waals surface area contributed by atoms with E-state index in [0.29, 0.717) is 24.7 Å². The van der Waals surface area contributed by atoms with Crippen LogP contribution in [-0.2, 0) is 0 Å². The maximum Gasteiger partial charge on any atom is 0.353 e. The van der Waals surface area contributed by atoms with Gasteiger partial charge >= 0.3 is 5.69 Å². The van der Waals surface area contributed by atoms with Crippen LogP contribution in [0.4, 0.5) is 23.0 Å². The van der Waals surface area contributed by atoms with Crippen LogP contribution in [0.5, 0.6) is 5.75 Å². The molecule has 0 saturated carbocycles. The maximum atomic E-state index is 12.0. The van der Waals surface area contributed by atoms with Gasteiger partial charge in [-0.25, -0.2) is 9.97 Å². The molecule has 0 N–H and O–H groups in total. The normalized spacial score (nSPS) is 17.9. The highest BCUT2D eigenvalue weighted by molar-refractivity contribution is 5.71. The molecule has 2 aromatic rings. The van der Waals surface area contributed by atoms with Crippen LogP contribution in [0.15, 0.2) is 30.6 Å². The fourth-order valence-electron chi connectivity index (χ4n) is 3.97. The number of piperazine rings is 2. The van der Waals surface area contributed by atoms with Gasteiger partial charge in [0.15, 0.2) is 0 Å². The van der Waals surface area contributed by atoms with Crippen LogP contribution in [0.3, 0.4) is 0 Å². The number of nitrogens with zero attached hydrogens (tertiary/aromatic N) is 7. The Balaban J connectivity index is 1.51. The average Bonchev–Trinajstić information content (AvgIpc) is 2.79. The molecule has 0 radical (unpaired) electrons. The Morgan fingerprint density at radius 2 is 1.37 bits per heavy atom. The Hall–Kier alpha value is -3.14. The average molecular weight is 413 g/mol. The molecule has 0 bridgehead atoms. The van der Waals surface area contributed by atoms with Crippen molar-refractivity contribution in [2.75, 3.05) is 81.2 Å². The molecule has 2 fully saturated rings. The Morgan fingerprint density at radius 3 is 1.87 bits per heavy atom. The third kappa shape index (κ3) is 4.09. The van der Waals surface area contributed by atoms with E-state index in [4.69, 9.17) is 4.74 Å². The van der Waals surface area contributed by atoms with Crippen LogP contribution in [0, 0.1) is 10.1 Å². The maximum absolute atomic E-state index is 12.0. The molecule has 0 unspecified atom stereocenters. The van der Waals surface area contributed by atoms with Gasteiger partial charge in [-0.3, -0.25) is 10.1 Å². The number of aromatic nitrogens is 2. The van der Waals surface area contributed by atoms with E-state index < -0.39 is 0 Å². The van der Waals surface area contributed by atoms with E-state index >= 15 is 0 Å². The first-order valence-corrected chi connectivity index (χ1v) is 10.1. The van der Waals surface area contributed by atoms with Crippen molar-refractivity contribution in [3.63, 3.8) is 0 Å². The summed E-state index contributed by atoms with van der Waals surface area (Å²) < 4.78 is 5.22. The van der Waals surface area contributed by atoms with E-state index in [1.165, 1.54) is 6.33 Å². The molecule has 30 heavy (non-hydrogen) atoms. The van der Waals surface area contributed by atoms with E-state index in [0.717, 1.165) is 50.7 Å². The van der Waals surface area contributed by atoms with E-state index in [2.05, 4.69) is 26.8 Å². The van der Waals surface area contributed by atoms with Crippen LogP contribution < -0.4 is 19.4 Å². The largest absolute Gasteiger partial charge is 0.497 e. The monoisotopic (exact) mass is 413 g/mol. The lowest BCUT2D eigenvalue weighted by Crippen LogP contribution is -2.47. The highest BCUT2D eigenvalue weighted by Crippen LogP contribution is 2.35. The Kier molecular flexibility index (Phi) is 5.84. The Labute approximate surface area is 175 Å². The zero-order valence-corrected chi connectivity index (χ0v) is 17.4. The number of ether oxygens (including phenoxy) is 1. The number of rotatable bonds is 5. The van der Waals surface area contributed by atoms with Gasteiger partial charge in [0.25, 0.3) is 0 Å². The molecular weight excluding hydrogens is 386 g/mol. The standard InChI is InChI=1S/C20H27N7O3/c1-23-7-9-25(10-8-23)19-18(27(28)29)20(22-15-21-19)26-13-11-24(12-14-26)16-3-5-17(30-2)6-4-16/h3-6,15H,7-14H2,1-2H3. The summed E-state index contributed by atoms with van der Waals surface area (Å²) in [5.74, 6) is 1.67. The van der Waals surface area contributed by atoms with Gasteiger partial charge in [0.2, 0.25) is 11.6 Å². The topological polar surface area (TPSA) is 91.1 Å². The molecule has 0 aliphatic carbocycles. The molecule has 10 nitrogen and oxygen atoms in total. The van der Waals surface area contributed by atoms with Crippen molar-refractivity contribution in [2.45, 2.75) is 0 Å². The molecule has 4 rings (SSSR count). The molecule has 1 aromatic heterocycles. The number of likely N-dealkylation sites (N-methyl/N-ethyl adjacent to an activating group) is 1. The predicted molar refractivity (Wildman–Crippen MR) is 116 cm³/mol. The van der Waals surface area contributed by atoms with Gasteiger partial charge in [0.05, 0.1) is 12.0 Å².